The van der Waals surface area contributed by atoms with Gasteiger partial charge in [0, 0.05) is 26.8 Å². The summed E-state index contributed by atoms with van der Waals surface area (Å²) < 4.78 is 13.2. The molecule has 2 aliphatic rings. The third-order valence-corrected chi connectivity index (χ3v) is 6.13. The normalized spacial score (nSPS) is 25.0. The molecule has 3 heterocycles. The van der Waals surface area contributed by atoms with Crippen LogP contribution in [0.15, 0.2) is 24.3 Å². The summed E-state index contributed by atoms with van der Waals surface area (Å²) in [6.45, 7) is 2.88. The van der Waals surface area contributed by atoms with Crippen molar-refractivity contribution in [3.8, 4) is 0 Å². The molecule has 2 saturated heterocycles. The Morgan fingerprint density at radius 2 is 2.14 bits per heavy atom. The molecule has 0 aliphatic carbocycles. The molecule has 1 atom stereocenters. The number of benzene rings is 1. The minimum absolute atomic E-state index is 0.0693. The van der Waals surface area contributed by atoms with Gasteiger partial charge >= 0.3 is 0 Å². The van der Waals surface area contributed by atoms with E-state index in [0.29, 0.717) is 0 Å². The number of ether oxygens (including phenoxy) is 2. The molecule has 2 aromatic rings. The van der Waals surface area contributed by atoms with Crippen LogP contribution in [-0.4, -0.2) is 43.5 Å². The number of fused-ring (bicyclic) bond motifs is 1. The first-order valence-electron chi connectivity index (χ1n) is 8.08. The van der Waals surface area contributed by atoms with E-state index >= 15 is 0 Å². The number of anilines is 1. The highest BCUT2D eigenvalue weighted by atomic mass is 32.1. The van der Waals surface area contributed by atoms with Crippen molar-refractivity contribution < 1.29 is 9.47 Å². The minimum Gasteiger partial charge on any atom is -0.378 e. The summed E-state index contributed by atoms with van der Waals surface area (Å²) >= 11 is 1.79. The van der Waals surface area contributed by atoms with Gasteiger partial charge in [0.25, 0.3) is 0 Å². The second-order valence-corrected chi connectivity index (χ2v) is 7.24. The first-order chi connectivity index (χ1) is 10.8. The third-order valence-electron chi connectivity index (χ3n) is 5.03. The molecule has 4 nitrogen and oxygen atoms in total. The van der Waals surface area contributed by atoms with Gasteiger partial charge in [-0.05, 0) is 37.8 Å². The predicted molar refractivity (Wildman–Crippen MR) is 89.8 cm³/mol. The van der Waals surface area contributed by atoms with Gasteiger partial charge in [-0.2, -0.15) is 0 Å². The first-order valence-corrected chi connectivity index (χ1v) is 8.90. The van der Waals surface area contributed by atoms with Crippen LogP contribution < -0.4 is 4.90 Å². The monoisotopic (exact) mass is 318 g/mol. The van der Waals surface area contributed by atoms with Crippen molar-refractivity contribution >= 4 is 26.7 Å². The van der Waals surface area contributed by atoms with Gasteiger partial charge < -0.3 is 14.4 Å². The van der Waals surface area contributed by atoms with Crippen LogP contribution >= 0.6 is 11.3 Å². The van der Waals surface area contributed by atoms with Gasteiger partial charge in [-0.3, -0.25) is 0 Å². The summed E-state index contributed by atoms with van der Waals surface area (Å²) in [5.41, 5.74) is 1.03. The maximum Gasteiger partial charge on any atom is 0.186 e. The van der Waals surface area contributed by atoms with Crippen molar-refractivity contribution in [2.24, 2.45) is 0 Å². The number of piperidine rings is 1. The number of aromatic nitrogens is 1. The van der Waals surface area contributed by atoms with Gasteiger partial charge in [0.1, 0.15) is 0 Å². The third kappa shape index (κ3) is 2.41. The van der Waals surface area contributed by atoms with Gasteiger partial charge in [-0.1, -0.05) is 23.5 Å². The molecule has 1 unspecified atom stereocenters. The maximum absolute atomic E-state index is 6.18. The average molecular weight is 318 g/mol. The molecule has 2 aliphatic heterocycles. The molecule has 4 rings (SSSR count). The summed E-state index contributed by atoms with van der Waals surface area (Å²) in [6, 6.07) is 8.36. The Morgan fingerprint density at radius 1 is 1.32 bits per heavy atom. The van der Waals surface area contributed by atoms with Crippen LogP contribution in [0.1, 0.15) is 25.7 Å². The zero-order valence-electron chi connectivity index (χ0n) is 13.0. The standard InChI is InChI=1S/C17H22N2O2S/c1-20-15-7-4-12-21-17(15)8-10-19(11-9-17)16-18-13-5-2-3-6-14(13)22-16/h2-3,5-6,15H,4,7-12H2,1H3. The second kappa shape index (κ2) is 5.80. The molecule has 2 fully saturated rings. The van der Waals surface area contributed by atoms with E-state index in [1.54, 1.807) is 11.3 Å². The van der Waals surface area contributed by atoms with Crippen LogP contribution in [0.25, 0.3) is 10.2 Å². The fourth-order valence-electron chi connectivity index (χ4n) is 3.77. The number of rotatable bonds is 2. The summed E-state index contributed by atoms with van der Waals surface area (Å²) in [5.74, 6) is 0. The number of hydrogen-bond acceptors (Lipinski definition) is 5. The Balaban J connectivity index is 1.51. The van der Waals surface area contributed by atoms with Crippen molar-refractivity contribution in [1.82, 2.24) is 4.98 Å². The summed E-state index contributed by atoms with van der Waals surface area (Å²) in [7, 11) is 1.82. The summed E-state index contributed by atoms with van der Waals surface area (Å²) in [5, 5.41) is 1.14. The van der Waals surface area contributed by atoms with Crippen LogP contribution in [0.5, 0.6) is 0 Å². The minimum atomic E-state index is -0.0693. The Labute approximate surface area is 135 Å². The zero-order chi connectivity index (χ0) is 15.0. The Kier molecular flexibility index (Phi) is 3.80. The number of para-hydroxylation sites is 1. The number of nitrogens with zero attached hydrogens (tertiary/aromatic N) is 2. The van der Waals surface area contributed by atoms with E-state index in [1.165, 1.54) is 4.70 Å². The molecule has 0 N–H and O–H groups in total. The highest BCUT2D eigenvalue weighted by Gasteiger charge is 2.45. The average Bonchev–Trinajstić information content (AvgIpc) is 3.00. The summed E-state index contributed by atoms with van der Waals surface area (Å²) in [4.78, 5) is 7.18. The molecule has 0 bridgehead atoms. The van der Waals surface area contributed by atoms with Crippen molar-refractivity contribution in [2.45, 2.75) is 37.4 Å². The summed E-state index contributed by atoms with van der Waals surface area (Å²) in [6.07, 6.45) is 4.54. The van der Waals surface area contributed by atoms with Gasteiger partial charge in [0.15, 0.2) is 5.13 Å². The van der Waals surface area contributed by atoms with Crippen LogP contribution in [0, 0.1) is 0 Å². The zero-order valence-corrected chi connectivity index (χ0v) is 13.8. The highest BCUT2D eigenvalue weighted by molar-refractivity contribution is 7.22. The van der Waals surface area contributed by atoms with Crippen molar-refractivity contribution in [3.05, 3.63) is 24.3 Å². The topological polar surface area (TPSA) is 34.6 Å². The SMILES string of the molecule is COC1CCCOC12CCN(c1nc3ccccc3s1)CC2. The molecule has 118 valence electrons. The van der Waals surface area contributed by atoms with E-state index in [2.05, 4.69) is 29.2 Å². The van der Waals surface area contributed by atoms with Crippen molar-refractivity contribution in [3.63, 3.8) is 0 Å². The fraction of sp³-hybridized carbons (Fsp3) is 0.588. The largest absolute Gasteiger partial charge is 0.378 e. The van der Waals surface area contributed by atoms with E-state index in [0.717, 1.165) is 56.0 Å². The van der Waals surface area contributed by atoms with Crippen LogP contribution in [0.4, 0.5) is 5.13 Å². The molecule has 0 saturated carbocycles. The first kappa shape index (κ1) is 14.4. The molecular formula is C17H22N2O2S. The predicted octanol–water partition coefficient (Wildman–Crippen LogP) is 3.46. The lowest BCUT2D eigenvalue weighted by atomic mass is 9.82. The molecule has 0 amide bonds. The number of thiazole rings is 1. The van der Waals surface area contributed by atoms with E-state index in [1.807, 2.05) is 7.11 Å². The van der Waals surface area contributed by atoms with Crippen LogP contribution in [0.2, 0.25) is 0 Å². The molecule has 1 aromatic heterocycles. The Hall–Kier alpha value is -1.17. The lowest BCUT2D eigenvalue weighted by Crippen LogP contribution is -2.56. The van der Waals surface area contributed by atoms with Gasteiger partial charge in [0.05, 0.1) is 21.9 Å². The molecule has 1 aromatic carbocycles. The lowest BCUT2D eigenvalue weighted by molar-refractivity contribution is -0.175. The van der Waals surface area contributed by atoms with E-state index in [4.69, 9.17) is 14.5 Å². The molecule has 22 heavy (non-hydrogen) atoms. The number of methoxy groups -OCH3 is 1. The van der Waals surface area contributed by atoms with E-state index in [-0.39, 0.29) is 11.7 Å². The second-order valence-electron chi connectivity index (χ2n) is 6.23. The molecule has 0 radical (unpaired) electrons. The maximum atomic E-state index is 6.18. The lowest BCUT2D eigenvalue weighted by Gasteiger charge is -2.48. The van der Waals surface area contributed by atoms with E-state index < -0.39 is 0 Å². The van der Waals surface area contributed by atoms with E-state index in [9.17, 15) is 0 Å². The Morgan fingerprint density at radius 3 is 2.91 bits per heavy atom. The quantitative estimate of drug-likeness (QED) is 0.849. The van der Waals surface area contributed by atoms with Crippen LogP contribution in [-0.2, 0) is 9.47 Å². The fourth-order valence-corrected chi connectivity index (χ4v) is 4.79. The van der Waals surface area contributed by atoms with Crippen molar-refractivity contribution in [1.29, 1.82) is 0 Å². The highest BCUT2D eigenvalue weighted by Crippen LogP contribution is 2.39. The van der Waals surface area contributed by atoms with Crippen molar-refractivity contribution in [2.75, 3.05) is 31.7 Å². The smallest absolute Gasteiger partial charge is 0.186 e. The molecule has 1 spiro atoms. The number of hydrogen-bond donors (Lipinski definition) is 0. The molecule has 5 heteroatoms. The van der Waals surface area contributed by atoms with Crippen LogP contribution in [0.3, 0.4) is 0 Å². The van der Waals surface area contributed by atoms with Gasteiger partial charge in [-0.25, -0.2) is 4.98 Å². The molecular weight excluding hydrogens is 296 g/mol. The van der Waals surface area contributed by atoms with Gasteiger partial charge in [0.2, 0.25) is 0 Å². The Bertz CT molecular complexity index is 616. The van der Waals surface area contributed by atoms with Gasteiger partial charge in [-0.15, -0.1) is 0 Å².